The summed E-state index contributed by atoms with van der Waals surface area (Å²) in [5.41, 5.74) is 16.7. The van der Waals surface area contributed by atoms with E-state index in [0.717, 1.165) is 94.5 Å². The van der Waals surface area contributed by atoms with E-state index in [-0.39, 0.29) is 65.1 Å². The molecule has 7 aromatic carbocycles. The van der Waals surface area contributed by atoms with E-state index in [2.05, 4.69) is 278 Å². The summed E-state index contributed by atoms with van der Waals surface area (Å²) in [7, 11) is 0. The second-order valence-electron chi connectivity index (χ2n) is 28.5. The van der Waals surface area contributed by atoms with E-state index in [1.165, 1.54) is 11.1 Å². The first-order valence-corrected chi connectivity index (χ1v) is 28.2. The Morgan fingerprint density at radius 2 is 0.675 bits per heavy atom. The van der Waals surface area contributed by atoms with Crippen LogP contribution in [0.5, 0.6) is 11.5 Å². The first kappa shape index (κ1) is 56.3. The van der Waals surface area contributed by atoms with Crippen LogP contribution in [-0.4, -0.2) is 33.7 Å². The smallest absolute Gasteiger partial charge is 0.166 e. The zero-order chi connectivity index (χ0) is 56.8. The molecule has 8 heteroatoms. The minimum Gasteiger partial charge on any atom is -0.507 e. The molecule has 0 spiro atoms. The van der Waals surface area contributed by atoms with Crippen LogP contribution in [0.4, 0.5) is 0 Å². The molecule has 414 valence electrons. The quantitative estimate of drug-likeness (QED) is 0.174. The van der Waals surface area contributed by atoms with Crippen molar-refractivity contribution in [2.75, 3.05) is 0 Å². The van der Waals surface area contributed by atoms with E-state index < -0.39 is 0 Å². The average molecular weight is 1240 g/mol. The summed E-state index contributed by atoms with van der Waals surface area (Å²) in [4.78, 5) is 11.8. The monoisotopic (exact) mass is 1240 g/mol. The van der Waals surface area contributed by atoms with Gasteiger partial charge in [-0.25, -0.2) is 9.97 Å². The maximum absolute atomic E-state index is 12.9. The zero-order valence-corrected chi connectivity index (χ0v) is 52.5. The molecule has 11 aromatic rings. The zero-order valence-electron chi connectivity index (χ0n) is 50.2. The molecule has 0 radical (unpaired) electrons. The van der Waals surface area contributed by atoms with Crippen molar-refractivity contribution >= 4 is 38.6 Å². The number of nitrogens with zero attached hydrogens (tertiary/aromatic N) is 5. The van der Waals surface area contributed by atoms with Gasteiger partial charge in [-0.3, -0.25) is 13.5 Å². The van der Waals surface area contributed by atoms with E-state index in [9.17, 15) is 10.2 Å². The molecule has 0 aliphatic heterocycles. The normalized spacial score (nSPS) is 13.1. The van der Waals surface area contributed by atoms with Gasteiger partial charge in [0, 0.05) is 54.1 Å². The number of hydrogen-bond acceptors (Lipinski definition) is 4. The summed E-state index contributed by atoms with van der Waals surface area (Å²) in [5.74, 6) is 1.71. The maximum Gasteiger partial charge on any atom is 0.166 e. The second kappa shape index (κ2) is 19.1. The summed E-state index contributed by atoms with van der Waals surface area (Å²) in [6.45, 7) is 40.0. The molecule has 0 amide bonds. The van der Waals surface area contributed by atoms with Crippen LogP contribution in [0.3, 0.4) is 0 Å². The third-order valence-corrected chi connectivity index (χ3v) is 16.3. The second-order valence-corrected chi connectivity index (χ2v) is 28.5. The number of benzene rings is 7. The largest absolute Gasteiger partial charge is 0.507 e. The molecular weight excluding hydrogens is 1160 g/mol. The van der Waals surface area contributed by atoms with Gasteiger partial charge in [0.2, 0.25) is 0 Å². The Balaban J connectivity index is 0.00000720. The predicted octanol–water partition coefficient (Wildman–Crippen LogP) is 19.1. The maximum atomic E-state index is 12.9. The van der Waals surface area contributed by atoms with E-state index >= 15 is 0 Å². The van der Waals surface area contributed by atoms with Crippen molar-refractivity contribution < 1.29 is 31.3 Å². The van der Waals surface area contributed by atoms with E-state index in [0.29, 0.717) is 22.8 Å². The Labute approximate surface area is 488 Å². The van der Waals surface area contributed by atoms with Gasteiger partial charge in [-0.2, -0.15) is 0 Å². The van der Waals surface area contributed by atoms with Crippen molar-refractivity contribution in [1.82, 2.24) is 23.5 Å². The van der Waals surface area contributed by atoms with Gasteiger partial charge in [-0.15, -0.1) is 0 Å². The standard InChI is InChI=1S/C72H79N5O2.Pt/c1-67(2,3)44-32-34-56(50(36-44)42-26-21-19-22-27-42)75-59-48-30-25-31-49-58(48)77(65(59)73-63(75)52-38-46(69(7,8)9)40-54(61(52)78)71(13,14)15)66-60(49)76(57-35-33-45(68(4,5)6)37-51(57)43-28-23-20-24-29-43)64(74-66)53-39-47(70(10,11)12)41-55(62(53)79)72(16,17)18;/h19-41,78-79H,1-18H3;. The molecule has 0 aliphatic rings. The van der Waals surface area contributed by atoms with Crippen molar-refractivity contribution in [2.24, 2.45) is 0 Å². The first-order valence-electron chi connectivity index (χ1n) is 28.2. The van der Waals surface area contributed by atoms with Crippen LogP contribution >= 0.6 is 0 Å². The van der Waals surface area contributed by atoms with Crippen LogP contribution < -0.4 is 0 Å². The molecule has 0 saturated carbocycles. The molecule has 80 heavy (non-hydrogen) atoms. The molecule has 0 unspecified atom stereocenters. The number of phenols is 2. The molecule has 2 N–H and O–H groups in total. The van der Waals surface area contributed by atoms with Crippen LogP contribution in [-0.2, 0) is 53.6 Å². The van der Waals surface area contributed by atoms with Crippen molar-refractivity contribution in [3.63, 3.8) is 0 Å². The number of rotatable bonds is 6. The van der Waals surface area contributed by atoms with Gasteiger partial charge in [-0.1, -0.05) is 228 Å². The number of phenolic OH excluding ortho intramolecular Hbond substituents is 2. The summed E-state index contributed by atoms with van der Waals surface area (Å²) >= 11 is 0. The summed E-state index contributed by atoms with van der Waals surface area (Å²) in [6, 6.07) is 50.3. The van der Waals surface area contributed by atoms with Gasteiger partial charge in [-0.05, 0) is 102 Å². The fourth-order valence-corrected chi connectivity index (χ4v) is 11.6. The first-order chi connectivity index (χ1) is 36.8. The third kappa shape index (κ3) is 9.35. The molecule has 0 saturated heterocycles. The SMILES string of the molecule is CC(C)(C)c1ccc(-n2c(-c3cc(C(C)(C)C)cc(C(C)(C)C)c3O)nc3c2c2cccc4c5c(nc(-c6cc(C(C)(C)C)cc(C(C)(C)C)c6O)n5-c5ccc(C(C)(C)C)cc5-c5ccccc5)n3c24)c(-c2ccccc2)c1.[Pt]. The minimum absolute atomic E-state index is 0. The van der Waals surface area contributed by atoms with Crippen molar-refractivity contribution in [2.45, 2.75) is 157 Å². The topological polar surface area (TPSA) is 80.5 Å². The molecule has 0 atom stereocenters. The van der Waals surface area contributed by atoms with Gasteiger partial charge in [0.25, 0.3) is 0 Å². The van der Waals surface area contributed by atoms with Crippen LogP contribution in [0.15, 0.2) is 140 Å². The van der Waals surface area contributed by atoms with Crippen LogP contribution in [0, 0.1) is 0 Å². The fraction of sp³-hybridized carbons (Fsp3) is 0.333. The molecule has 4 heterocycles. The predicted molar refractivity (Wildman–Crippen MR) is 333 cm³/mol. The molecule has 0 fully saturated rings. The Morgan fingerprint density at radius 3 is 1.00 bits per heavy atom. The van der Waals surface area contributed by atoms with Gasteiger partial charge < -0.3 is 10.2 Å². The van der Waals surface area contributed by atoms with Gasteiger partial charge in [0.15, 0.2) is 22.9 Å². The van der Waals surface area contributed by atoms with Crippen LogP contribution in [0.2, 0.25) is 0 Å². The van der Waals surface area contributed by atoms with E-state index in [1.54, 1.807) is 0 Å². The average Bonchev–Trinajstić information content (AvgIpc) is 3.19. The molecular formula is C72H79N5O2Pt. The molecule has 0 bridgehead atoms. The van der Waals surface area contributed by atoms with Gasteiger partial charge in [0.05, 0.1) is 28.0 Å². The third-order valence-electron chi connectivity index (χ3n) is 16.3. The van der Waals surface area contributed by atoms with Crippen LogP contribution in [0.1, 0.15) is 158 Å². The number of imidazole rings is 2. The van der Waals surface area contributed by atoms with Crippen molar-refractivity contribution in [3.05, 3.63) is 173 Å². The number of para-hydroxylation sites is 1. The number of fused-ring (bicyclic) bond motifs is 6. The molecule has 0 aliphatic carbocycles. The van der Waals surface area contributed by atoms with Crippen LogP contribution in [0.25, 0.3) is 95.0 Å². The summed E-state index contributed by atoms with van der Waals surface area (Å²) < 4.78 is 6.89. The number of hydrogen-bond donors (Lipinski definition) is 2. The number of aromatic hydroxyl groups is 2. The molecule has 4 aromatic heterocycles. The summed E-state index contributed by atoms with van der Waals surface area (Å²) in [5, 5.41) is 27.9. The van der Waals surface area contributed by atoms with Crippen molar-refractivity contribution in [1.29, 1.82) is 0 Å². The molecule has 11 rings (SSSR count). The Bertz CT molecular complexity index is 3920. The Morgan fingerprint density at radius 1 is 0.338 bits per heavy atom. The van der Waals surface area contributed by atoms with Gasteiger partial charge >= 0.3 is 0 Å². The Kier molecular flexibility index (Phi) is 13.4. The molecule has 7 nitrogen and oxygen atoms in total. The number of aromatic nitrogens is 5. The fourth-order valence-electron chi connectivity index (χ4n) is 11.6. The summed E-state index contributed by atoms with van der Waals surface area (Å²) in [6.07, 6.45) is 0. The Hall–Kier alpha value is -6.95. The van der Waals surface area contributed by atoms with Gasteiger partial charge in [0.1, 0.15) is 22.5 Å². The van der Waals surface area contributed by atoms with E-state index in [4.69, 9.17) is 9.97 Å². The minimum atomic E-state index is -0.384. The van der Waals surface area contributed by atoms with E-state index in [1.807, 2.05) is 0 Å². The van der Waals surface area contributed by atoms with Crippen molar-refractivity contribution in [3.8, 4) is 67.9 Å².